The van der Waals surface area contributed by atoms with Gasteiger partial charge in [0.1, 0.15) is 5.82 Å². The lowest BCUT2D eigenvalue weighted by molar-refractivity contribution is 0.260. The predicted molar refractivity (Wildman–Crippen MR) is 79.8 cm³/mol. The summed E-state index contributed by atoms with van der Waals surface area (Å²) >= 11 is 0. The van der Waals surface area contributed by atoms with Gasteiger partial charge in [0.25, 0.3) is 0 Å². The Morgan fingerprint density at radius 1 is 1.48 bits per heavy atom. The highest BCUT2D eigenvalue weighted by atomic mass is 32.2. The lowest BCUT2D eigenvalue weighted by atomic mass is 10.2. The molecule has 2 N–H and O–H groups in total. The average Bonchev–Trinajstić information content (AvgIpc) is 2.45. The topological polar surface area (TPSA) is 69.6 Å². The van der Waals surface area contributed by atoms with Crippen LogP contribution in [0.2, 0.25) is 0 Å². The smallest absolute Gasteiger partial charge is 0.243 e. The number of sulfonamides is 1. The van der Waals surface area contributed by atoms with Gasteiger partial charge in [-0.3, -0.25) is 0 Å². The minimum Gasteiger partial charge on any atom is -0.395 e. The van der Waals surface area contributed by atoms with Crippen molar-refractivity contribution in [3.8, 4) is 0 Å². The molecule has 0 spiro atoms. The Hall–Kier alpha value is -1.28. The van der Waals surface area contributed by atoms with Gasteiger partial charge >= 0.3 is 0 Å². The van der Waals surface area contributed by atoms with Crippen molar-refractivity contribution >= 4 is 10.0 Å². The Kier molecular flexibility index (Phi) is 6.97. The largest absolute Gasteiger partial charge is 0.395 e. The maximum absolute atomic E-state index is 13.5. The second kappa shape index (κ2) is 8.23. The maximum atomic E-state index is 13.5. The van der Waals surface area contributed by atoms with Gasteiger partial charge in [0.2, 0.25) is 10.0 Å². The van der Waals surface area contributed by atoms with E-state index in [4.69, 9.17) is 5.11 Å². The predicted octanol–water partition coefficient (Wildman–Crippen LogP) is 1.10. The third kappa shape index (κ3) is 4.60. The Morgan fingerprint density at radius 2 is 2.19 bits per heavy atom. The normalized spacial score (nSPS) is 11.8. The molecule has 5 nitrogen and oxygen atoms in total. The summed E-state index contributed by atoms with van der Waals surface area (Å²) in [5, 5.41) is 12.0. The van der Waals surface area contributed by atoms with Gasteiger partial charge in [0, 0.05) is 19.6 Å². The molecule has 0 heterocycles. The van der Waals surface area contributed by atoms with Crippen LogP contribution in [0.4, 0.5) is 4.39 Å². The number of nitrogens with one attached hydrogen (secondary N) is 1. The van der Waals surface area contributed by atoms with Gasteiger partial charge in [0.05, 0.1) is 11.5 Å². The Balaban J connectivity index is 3.26. The average molecular weight is 316 g/mol. The number of benzene rings is 1. The molecule has 21 heavy (non-hydrogen) atoms. The van der Waals surface area contributed by atoms with E-state index in [9.17, 15) is 12.8 Å². The molecular weight excluding hydrogens is 295 g/mol. The first-order valence-corrected chi connectivity index (χ1v) is 8.12. The minimum absolute atomic E-state index is 0.0556. The molecule has 1 aromatic rings. The van der Waals surface area contributed by atoms with Crippen LogP contribution in [0.15, 0.2) is 35.7 Å². The quantitative estimate of drug-likeness (QED) is 0.670. The van der Waals surface area contributed by atoms with Gasteiger partial charge < -0.3 is 10.4 Å². The van der Waals surface area contributed by atoms with Crippen LogP contribution in [0.5, 0.6) is 0 Å². The van der Waals surface area contributed by atoms with E-state index in [0.29, 0.717) is 18.7 Å². The zero-order chi connectivity index (χ0) is 15.9. The molecule has 0 aliphatic rings. The minimum atomic E-state index is -3.89. The zero-order valence-electron chi connectivity index (χ0n) is 12.0. The van der Waals surface area contributed by atoms with Crippen molar-refractivity contribution in [2.24, 2.45) is 0 Å². The van der Waals surface area contributed by atoms with Gasteiger partial charge in [-0.05, 0) is 24.2 Å². The standard InChI is InChI=1S/C14H21FN2O3S/c1-3-7-17(8-9-18)21(19,20)14-10-13(15)6-5-12(14)11-16-4-2/h3,5-6,10,16,18H,1,4,7-9,11H2,2H3. The van der Waals surface area contributed by atoms with Crippen LogP contribution in [-0.2, 0) is 16.6 Å². The van der Waals surface area contributed by atoms with Crippen LogP contribution in [0.25, 0.3) is 0 Å². The first-order valence-electron chi connectivity index (χ1n) is 6.68. The zero-order valence-corrected chi connectivity index (χ0v) is 12.9. The van der Waals surface area contributed by atoms with E-state index in [1.807, 2.05) is 6.92 Å². The highest BCUT2D eigenvalue weighted by Crippen LogP contribution is 2.21. The summed E-state index contributed by atoms with van der Waals surface area (Å²) in [6, 6.07) is 3.70. The molecule has 0 fully saturated rings. The van der Waals surface area contributed by atoms with E-state index in [1.165, 1.54) is 18.2 Å². The van der Waals surface area contributed by atoms with Crippen LogP contribution in [0.3, 0.4) is 0 Å². The molecule has 0 saturated carbocycles. The van der Waals surface area contributed by atoms with Crippen molar-refractivity contribution in [1.82, 2.24) is 9.62 Å². The van der Waals surface area contributed by atoms with E-state index in [2.05, 4.69) is 11.9 Å². The Labute approximate surface area is 125 Å². The van der Waals surface area contributed by atoms with E-state index in [0.717, 1.165) is 10.4 Å². The Bertz CT molecular complexity index is 576. The molecule has 1 rings (SSSR count). The molecule has 0 amide bonds. The lowest BCUT2D eigenvalue weighted by Crippen LogP contribution is -2.34. The number of aliphatic hydroxyl groups excluding tert-OH is 1. The van der Waals surface area contributed by atoms with Gasteiger partial charge in [-0.2, -0.15) is 4.31 Å². The molecule has 0 unspecified atom stereocenters. The van der Waals surface area contributed by atoms with E-state index in [-0.39, 0.29) is 24.6 Å². The summed E-state index contributed by atoms with van der Waals surface area (Å²) in [5.41, 5.74) is 0.491. The van der Waals surface area contributed by atoms with Crippen molar-refractivity contribution in [1.29, 1.82) is 0 Å². The molecule has 1 aromatic carbocycles. The van der Waals surface area contributed by atoms with Gasteiger partial charge in [0.15, 0.2) is 0 Å². The maximum Gasteiger partial charge on any atom is 0.243 e. The number of hydrogen-bond acceptors (Lipinski definition) is 4. The third-order valence-corrected chi connectivity index (χ3v) is 4.84. The molecular formula is C14H21FN2O3S. The second-order valence-electron chi connectivity index (χ2n) is 4.41. The summed E-state index contributed by atoms with van der Waals surface area (Å²) in [6.45, 7) is 6.08. The monoisotopic (exact) mass is 316 g/mol. The molecule has 0 aliphatic carbocycles. The van der Waals surface area contributed by atoms with Crippen LogP contribution >= 0.6 is 0 Å². The van der Waals surface area contributed by atoms with Crippen molar-refractivity contribution < 1.29 is 17.9 Å². The summed E-state index contributed by atoms with van der Waals surface area (Å²) in [6.07, 6.45) is 1.43. The van der Waals surface area contributed by atoms with Crippen LogP contribution in [0, 0.1) is 5.82 Å². The van der Waals surface area contributed by atoms with Crippen molar-refractivity contribution in [3.05, 3.63) is 42.2 Å². The van der Waals surface area contributed by atoms with E-state index < -0.39 is 15.8 Å². The molecule has 0 aromatic heterocycles. The molecule has 7 heteroatoms. The summed E-state index contributed by atoms with van der Waals surface area (Å²) in [5.74, 6) is -0.614. The van der Waals surface area contributed by atoms with E-state index in [1.54, 1.807) is 0 Å². The van der Waals surface area contributed by atoms with Gasteiger partial charge in [-0.15, -0.1) is 6.58 Å². The van der Waals surface area contributed by atoms with Crippen molar-refractivity contribution in [3.63, 3.8) is 0 Å². The lowest BCUT2D eigenvalue weighted by Gasteiger charge is -2.21. The fraction of sp³-hybridized carbons (Fsp3) is 0.429. The second-order valence-corrected chi connectivity index (χ2v) is 6.31. The first kappa shape index (κ1) is 17.8. The van der Waals surface area contributed by atoms with Crippen LogP contribution in [-0.4, -0.2) is 44.1 Å². The Morgan fingerprint density at radius 3 is 2.76 bits per heavy atom. The molecule has 0 bridgehead atoms. The molecule has 0 radical (unpaired) electrons. The summed E-state index contributed by atoms with van der Waals surface area (Å²) < 4.78 is 39.8. The summed E-state index contributed by atoms with van der Waals surface area (Å²) in [4.78, 5) is -0.0845. The molecule has 0 aliphatic heterocycles. The molecule has 0 saturated heterocycles. The number of halogens is 1. The highest BCUT2D eigenvalue weighted by Gasteiger charge is 2.26. The number of rotatable bonds is 9. The number of hydrogen-bond donors (Lipinski definition) is 2. The molecule has 118 valence electrons. The number of aliphatic hydroxyl groups is 1. The SMILES string of the molecule is C=CCN(CCO)S(=O)(=O)c1cc(F)ccc1CNCC. The molecule has 0 atom stereocenters. The number of nitrogens with zero attached hydrogens (tertiary/aromatic N) is 1. The van der Waals surface area contributed by atoms with Crippen LogP contribution < -0.4 is 5.32 Å². The van der Waals surface area contributed by atoms with Crippen molar-refractivity contribution in [2.75, 3.05) is 26.2 Å². The fourth-order valence-electron chi connectivity index (χ4n) is 1.88. The van der Waals surface area contributed by atoms with Crippen LogP contribution in [0.1, 0.15) is 12.5 Å². The van der Waals surface area contributed by atoms with Gasteiger partial charge in [-0.25, -0.2) is 12.8 Å². The van der Waals surface area contributed by atoms with Crippen molar-refractivity contribution in [2.45, 2.75) is 18.4 Å². The first-order chi connectivity index (χ1) is 9.97. The highest BCUT2D eigenvalue weighted by molar-refractivity contribution is 7.89. The summed E-state index contributed by atoms with van der Waals surface area (Å²) in [7, 11) is -3.89. The fourth-order valence-corrected chi connectivity index (χ4v) is 3.51. The van der Waals surface area contributed by atoms with Gasteiger partial charge in [-0.1, -0.05) is 19.1 Å². The third-order valence-electron chi connectivity index (χ3n) is 2.89. The van der Waals surface area contributed by atoms with E-state index >= 15 is 0 Å².